The number of rotatable bonds is 4. The standard InChI is InChI=1S/C10H12BrNO3/c1-6(5-13)12-9-3-2-7(11)4-8(9)10(14)15/h2-4,6,12-13H,5H2,1H3,(H,14,15). The average Bonchev–Trinajstić information content (AvgIpc) is 2.20. The Morgan fingerprint density at radius 1 is 1.60 bits per heavy atom. The molecule has 0 spiro atoms. The number of nitrogens with one attached hydrogen (secondary N) is 1. The second-order valence-corrected chi connectivity index (χ2v) is 4.14. The lowest BCUT2D eigenvalue weighted by atomic mass is 10.1. The maximum Gasteiger partial charge on any atom is 0.337 e. The molecule has 1 rings (SSSR count). The van der Waals surface area contributed by atoms with Crippen molar-refractivity contribution in [2.45, 2.75) is 13.0 Å². The van der Waals surface area contributed by atoms with Crippen LogP contribution in [0.25, 0.3) is 0 Å². The Bertz CT molecular complexity index is 368. The quantitative estimate of drug-likeness (QED) is 0.784. The minimum absolute atomic E-state index is 0.0465. The summed E-state index contributed by atoms with van der Waals surface area (Å²) < 4.78 is 0.710. The maximum atomic E-state index is 10.9. The molecule has 0 radical (unpaired) electrons. The van der Waals surface area contributed by atoms with Gasteiger partial charge in [-0.15, -0.1) is 0 Å². The first-order valence-electron chi connectivity index (χ1n) is 4.45. The van der Waals surface area contributed by atoms with Gasteiger partial charge in [0.1, 0.15) is 0 Å². The number of halogens is 1. The number of benzene rings is 1. The van der Waals surface area contributed by atoms with Crippen molar-refractivity contribution in [1.82, 2.24) is 0 Å². The lowest BCUT2D eigenvalue weighted by molar-refractivity contribution is 0.0697. The molecule has 0 saturated heterocycles. The third-order valence-electron chi connectivity index (χ3n) is 1.89. The molecule has 1 aromatic carbocycles. The molecule has 4 nitrogen and oxygen atoms in total. The summed E-state index contributed by atoms with van der Waals surface area (Å²) in [5.74, 6) is -0.996. The number of carbonyl (C=O) groups is 1. The Labute approximate surface area is 96.1 Å². The molecule has 0 aliphatic heterocycles. The number of aliphatic hydroxyl groups excluding tert-OH is 1. The maximum absolute atomic E-state index is 10.9. The van der Waals surface area contributed by atoms with Crippen molar-refractivity contribution in [2.75, 3.05) is 11.9 Å². The van der Waals surface area contributed by atoms with E-state index >= 15 is 0 Å². The fourth-order valence-electron chi connectivity index (χ4n) is 1.13. The Morgan fingerprint density at radius 2 is 2.27 bits per heavy atom. The molecule has 5 heteroatoms. The molecule has 3 N–H and O–H groups in total. The van der Waals surface area contributed by atoms with Crippen LogP contribution >= 0.6 is 15.9 Å². The van der Waals surface area contributed by atoms with Crippen LogP contribution in [0.15, 0.2) is 22.7 Å². The largest absolute Gasteiger partial charge is 0.478 e. The molecule has 15 heavy (non-hydrogen) atoms. The Kier molecular flexibility index (Phi) is 4.11. The number of hydrogen-bond acceptors (Lipinski definition) is 3. The van der Waals surface area contributed by atoms with E-state index in [4.69, 9.17) is 10.2 Å². The highest BCUT2D eigenvalue weighted by Crippen LogP contribution is 2.21. The normalized spacial score (nSPS) is 12.2. The van der Waals surface area contributed by atoms with Gasteiger partial charge in [0.2, 0.25) is 0 Å². The van der Waals surface area contributed by atoms with Crippen LogP contribution in [0.5, 0.6) is 0 Å². The second kappa shape index (κ2) is 5.14. The van der Waals surface area contributed by atoms with Gasteiger partial charge in [-0.2, -0.15) is 0 Å². The molecule has 0 bridgehead atoms. The van der Waals surface area contributed by atoms with Crippen molar-refractivity contribution < 1.29 is 15.0 Å². The van der Waals surface area contributed by atoms with E-state index in [0.717, 1.165) is 0 Å². The topological polar surface area (TPSA) is 69.6 Å². The molecule has 1 unspecified atom stereocenters. The van der Waals surface area contributed by atoms with Gasteiger partial charge in [-0.3, -0.25) is 0 Å². The highest BCUT2D eigenvalue weighted by molar-refractivity contribution is 9.10. The van der Waals surface area contributed by atoms with Crippen molar-refractivity contribution in [2.24, 2.45) is 0 Å². The SMILES string of the molecule is CC(CO)Nc1ccc(Br)cc1C(=O)O. The number of aliphatic hydroxyl groups is 1. The minimum atomic E-state index is -0.996. The molecule has 0 aliphatic rings. The van der Waals surface area contributed by atoms with Gasteiger partial charge >= 0.3 is 5.97 Å². The zero-order chi connectivity index (χ0) is 11.4. The molecule has 0 saturated carbocycles. The summed E-state index contributed by atoms with van der Waals surface area (Å²) in [6.45, 7) is 1.72. The van der Waals surface area contributed by atoms with Gasteiger partial charge in [-0.25, -0.2) is 4.79 Å². The Morgan fingerprint density at radius 3 is 2.80 bits per heavy atom. The van der Waals surface area contributed by atoms with Crippen molar-refractivity contribution in [3.8, 4) is 0 Å². The Balaban J connectivity index is 3.01. The summed E-state index contributed by atoms with van der Waals surface area (Å²) in [7, 11) is 0. The summed E-state index contributed by atoms with van der Waals surface area (Å²) in [4.78, 5) is 10.9. The highest BCUT2D eigenvalue weighted by Gasteiger charge is 2.11. The number of anilines is 1. The summed E-state index contributed by atoms with van der Waals surface area (Å²) in [5, 5.41) is 20.7. The predicted molar refractivity (Wildman–Crippen MR) is 61.3 cm³/mol. The number of carboxylic acids is 1. The fourth-order valence-corrected chi connectivity index (χ4v) is 1.49. The zero-order valence-corrected chi connectivity index (χ0v) is 9.78. The van der Waals surface area contributed by atoms with E-state index in [1.54, 1.807) is 19.1 Å². The molecule has 1 aromatic rings. The van der Waals surface area contributed by atoms with Gasteiger partial charge < -0.3 is 15.5 Å². The van der Waals surface area contributed by atoms with Crippen molar-refractivity contribution in [1.29, 1.82) is 0 Å². The third-order valence-corrected chi connectivity index (χ3v) is 2.38. The first-order chi connectivity index (χ1) is 7.04. The second-order valence-electron chi connectivity index (χ2n) is 3.22. The van der Waals surface area contributed by atoms with E-state index in [9.17, 15) is 4.79 Å². The first-order valence-corrected chi connectivity index (χ1v) is 5.24. The van der Waals surface area contributed by atoms with Gasteiger partial charge in [0.05, 0.1) is 12.2 Å². The predicted octanol–water partition coefficient (Wildman–Crippen LogP) is 1.94. The molecule has 0 fully saturated rings. The summed E-state index contributed by atoms with van der Waals surface area (Å²) in [6.07, 6.45) is 0. The summed E-state index contributed by atoms with van der Waals surface area (Å²) in [5.41, 5.74) is 0.692. The van der Waals surface area contributed by atoms with Crippen LogP contribution in [0.4, 0.5) is 5.69 Å². The van der Waals surface area contributed by atoms with Crippen LogP contribution in [0.3, 0.4) is 0 Å². The van der Waals surface area contributed by atoms with Gasteiger partial charge in [0.15, 0.2) is 0 Å². The Hall–Kier alpha value is -1.07. The smallest absolute Gasteiger partial charge is 0.337 e. The zero-order valence-electron chi connectivity index (χ0n) is 8.20. The van der Waals surface area contributed by atoms with E-state index in [-0.39, 0.29) is 18.2 Å². The minimum Gasteiger partial charge on any atom is -0.478 e. The van der Waals surface area contributed by atoms with Crippen molar-refractivity contribution in [3.63, 3.8) is 0 Å². The van der Waals surface area contributed by atoms with Crippen molar-refractivity contribution >= 4 is 27.6 Å². The van der Waals surface area contributed by atoms with Gasteiger partial charge in [-0.1, -0.05) is 15.9 Å². The molecule has 0 heterocycles. The van der Waals surface area contributed by atoms with Crippen LogP contribution in [0.2, 0.25) is 0 Å². The summed E-state index contributed by atoms with van der Waals surface area (Å²) in [6, 6.07) is 4.76. The lowest BCUT2D eigenvalue weighted by Gasteiger charge is -2.14. The van der Waals surface area contributed by atoms with E-state index < -0.39 is 5.97 Å². The molecule has 0 aromatic heterocycles. The lowest BCUT2D eigenvalue weighted by Crippen LogP contribution is -2.20. The van der Waals surface area contributed by atoms with Crippen LogP contribution in [-0.2, 0) is 0 Å². The highest BCUT2D eigenvalue weighted by atomic mass is 79.9. The van der Waals surface area contributed by atoms with Gasteiger partial charge in [-0.05, 0) is 25.1 Å². The van der Waals surface area contributed by atoms with Gasteiger partial charge in [0.25, 0.3) is 0 Å². The average molecular weight is 274 g/mol. The van der Waals surface area contributed by atoms with Crippen molar-refractivity contribution in [3.05, 3.63) is 28.2 Å². The van der Waals surface area contributed by atoms with Crippen LogP contribution in [-0.4, -0.2) is 28.8 Å². The first kappa shape index (κ1) is 12.0. The molecule has 1 atom stereocenters. The van der Waals surface area contributed by atoms with E-state index in [1.807, 2.05) is 0 Å². The van der Waals surface area contributed by atoms with Crippen LogP contribution < -0.4 is 5.32 Å². The number of carboxylic acid groups (broad SMARTS) is 1. The molecular formula is C10H12BrNO3. The number of hydrogen-bond donors (Lipinski definition) is 3. The molecule has 0 aliphatic carbocycles. The van der Waals surface area contributed by atoms with E-state index in [2.05, 4.69) is 21.2 Å². The van der Waals surface area contributed by atoms with E-state index in [1.165, 1.54) is 6.07 Å². The van der Waals surface area contributed by atoms with Crippen LogP contribution in [0, 0.1) is 0 Å². The fraction of sp³-hybridized carbons (Fsp3) is 0.300. The molecule has 0 amide bonds. The monoisotopic (exact) mass is 273 g/mol. The summed E-state index contributed by atoms with van der Waals surface area (Å²) >= 11 is 3.21. The van der Waals surface area contributed by atoms with Crippen LogP contribution in [0.1, 0.15) is 17.3 Å². The molecular weight excluding hydrogens is 262 g/mol. The number of aromatic carboxylic acids is 1. The molecule has 82 valence electrons. The van der Waals surface area contributed by atoms with E-state index in [0.29, 0.717) is 10.2 Å². The van der Waals surface area contributed by atoms with Gasteiger partial charge in [0, 0.05) is 16.2 Å². The third kappa shape index (κ3) is 3.21.